The number of carbonyl (C=O) groups is 1. The van der Waals surface area contributed by atoms with Gasteiger partial charge in [-0.05, 0) is 66.1 Å². The molecule has 0 aliphatic carbocycles. The Kier molecular flexibility index (Phi) is 4.71. The van der Waals surface area contributed by atoms with E-state index in [0.717, 1.165) is 40.0 Å². The Morgan fingerprint density at radius 2 is 1.58 bits per heavy atom. The van der Waals surface area contributed by atoms with Gasteiger partial charge in [0.05, 0.1) is 20.5 Å². The second kappa shape index (κ2) is 7.69. The topological polar surface area (TPSA) is 57.9 Å². The van der Waals surface area contributed by atoms with Gasteiger partial charge in [0.15, 0.2) is 5.76 Å². The van der Waals surface area contributed by atoms with Crippen molar-refractivity contribution in [1.29, 1.82) is 0 Å². The van der Waals surface area contributed by atoms with E-state index in [1.165, 1.54) is 0 Å². The Morgan fingerprint density at radius 3 is 2.26 bits per heavy atom. The lowest BCUT2D eigenvalue weighted by Crippen LogP contribution is -2.01. The number of hydrogen-bond acceptors (Lipinski definition) is 5. The van der Waals surface area contributed by atoms with Crippen molar-refractivity contribution in [2.75, 3.05) is 14.2 Å². The number of benzene rings is 3. The smallest absolute Gasteiger partial charge is 0.228 e. The van der Waals surface area contributed by atoms with Crippen LogP contribution in [0.4, 0.5) is 0 Å². The van der Waals surface area contributed by atoms with Gasteiger partial charge in [-0.2, -0.15) is 0 Å². The van der Waals surface area contributed by atoms with E-state index in [1.807, 2.05) is 42.5 Å². The van der Waals surface area contributed by atoms with Crippen LogP contribution in [0.15, 0.2) is 77.4 Å². The van der Waals surface area contributed by atoms with E-state index >= 15 is 0 Å². The van der Waals surface area contributed by atoms with Crippen LogP contribution in [-0.4, -0.2) is 20.0 Å². The quantitative estimate of drug-likeness (QED) is 0.388. The number of hydrogen-bond donors (Lipinski definition) is 0. The van der Waals surface area contributed by atoms with E-state index < -0.39 is 0 Å². The summed E-state index contributed by atoms with van der Waals surface area (Å²) >= 11 is 0. The molecule has 154 valence electrons. The molecule has 0 radical (unpaired) electrons. The Balaban J connectivity index is 1.70. The standard InChI is InChI=1S/C26H20O5/c1-28-19-9-5-16(6-10-19)24-21-14-18-4-3-13-30-22(18)15-23(21)31-26(24)25(27)17-7-11-20(29-2)12-8-17/h3,5-15H,4H2,1-2H3. The third kappa shape index (κ3) is 3.34. The number of fused-ring (bicyclic) bond motifs is 2. The zero-order valence-corrected chi connectivity index (χ0v) is 17.2. The highest BCUT2D eigenvalue weighted by Crippen LogP contribution is 2.40. The number of allylic oxidation sites excluding steroid dienone is 1. The summed E-state index contributed by atoms with van der Waals surface area (Å²) in [6.45, 7) is 0. The third-order valence-electron chi connectivity index (χ3n) is 5.44. The van der Waals surface area contributed by atoms with Crippen molar-refractivity contribution in [3.8, 4) is 28.4 Å². The van der Waals surface area contributed by atoms with Crippen LogP contribution in [0.1, 0.15) is 21.7 Å². The maximum Gasteiger partial charge on any atom is 0.228 e. The molecule has 0 bridgehead atoms. The molecule has 2 heterocycles. The summed E-state index contributed by atoms with van der Waals surface area (Å²) in [5.74, 6) is 2.28. The molecule has 0 saturated heterocycles. The molecule has 0 saturated carbocycles. The summed E-state index contributed by atoms with van der Waals surface area (Å²) in [5, 5.41) is 0.875. The lowest BCUT2D eigenvalue weighted by molar-refractivity contribution is 0.101. The molecule has 0 N–H and O–H groups in total. The van der Waals surface area contributed by atoms with Crippen molar-refractivity contribution in [3.63, 3.8) is 0 Å². The van der Waals surface area contributed by atoms with E-state index in [2.05, 4.69) is 0 Å². The van der Waals surface area contributed by atoms with Gasteiger partial charge in [0, 0.05) is 22.6 Å². The van der Waals surface area contributed by atoms with E-state index in [-0.39, 0.29) is 5.78 Å². The molecule has 0 unspecified atom stereocenters. The minimum absolute atomic E-state index is 0.193. The zero-order valence-electron chi connectivity index (χ0n) is 17.2. The molecule has 1 aliphatic heterocycles. The second-order valence-electron chi connectivity index (χ2n) is 7.24. The molecule has 0 atom stereocenters. The normalized spacial score (nSPS) is 12.3. The average molecular weight is 412 g/mol. The maximum atomic E-state index is 13.5. The lowest BCUT2D eigenvalue weighted by Gasteiger charge is -2.11. The van der Waals surface area contributed by atoms with Gasteiger partial charge in [0.25, 0.3) is 0 Å². The molecule has 1 aromatic heterocycles. The number of ketones is 1. The highest BCUT2D eigenvalue weighted by Gasteiger charge is 2.25. The Labute approximate surface area is 179 Å². The summed E-state index contributed by atoms with van der Waals surface area (Å²) < 4.78 is 22.3. The summed E-state index contributed by atoms with van der Waals surface area (Å²) in [4.78, 5) is 13.5. The number of furan rings is 1. The molecule has 31 heavy (non-hydrogen) atoms. The zero-order chi connectivity index (χ0) is 21.4. The fourth-order valence-electron chi connectivity index (χ4n) is 3.81. The van der Waals surface area contributed by atoms with Crippen molar-refractivity contribution in [3.05, 3.63) is 89.9 Å². The van der Waals surface area contributed by atoms with Crippen molar-refractivity contribution in [2.24, 2.45) is 0 Å². The van der Waals surface area contributed by atoms with Crippen LogP contribution in [0.3, 0.4) is 0 Å². The number of methoxy groups -OCH3 is 2. The highest BCUT2D eigenvalue weighted by molar-refractivity contribution is 6.16. The van der Waals surface area contributed by atoms with Gasteiger partial charge in [-0.3, -0.25) is 4.79 Å². The molecule has 5 nitrogen and oxygen atoms in total. The van der Waals surface area contributed by atoms with Crippen molar-refractivity contribution in [1.82, 2.24) is 0 Å². The fraction of sp³-hybridized carbons (Fsp3) is 0.115. The minimum atomic E-state index is -0.193. The lowest BCUT2D eigenvalue weighted by atomic mass is 9.96. The highest BCUT2D eigenvalue weighted by atomic mass is 16.5. The number of rotatable bonds is 5. The summed E-state index contributed by atoms with van der Waals surface area (Å²) in [5.41, 5.74) is 3.82. The molecule has 0 spiro atoms. The SMILES string of the molecule is COc1ccc(C(=O)c2oc3cc4c(cc3c2-c2ccc(OC)cc2)CC=CO4)cc1. The van der Waals surface area contributed by atoms with Gasteiger partial charge >= 0.3 is 0 Å². The van der Waals surface area contributed by atoms with Gasteiger partial charge in [0.2, 0.25) is 5.78 Å². The first-order valence-electron chi connectivity index (χ1n) is 9.92. The Bertz CT molecular complexity index is 1290. The van der Waals surface area contributed by atoms with Crippen LogP contribution in [0.25, 0.3) is 22.1 Å². The number of carbonyl (C=O) groups excluding carboxylic acids is 1. The van der Waals surface area contributed by atoms with Crippen LogP contribution < -0.4 is 14.2 Å². The molecule has 5 heteroatoms. The van der Waals surface area contributed by atoms with Gasteiger partial charge < -0.3 is 18.6 Å². The summed E-state index contributed by atoms with van der Waals surface area (Å²) in [6.07, 6.45) is 4.40. The molecule has 4 aromatic rings. The van der Waals surface area contributed by atoms with Crippen LogP contribution in [-0.2, 0) is 6.42 Å². The van der Waals surface area contributed by atoms with Crippen LogP contribution in [0, 0.1) is 0 Å². The Morgan fingerprint density at radius 1 is 0.903 bits per heavy atom. The van der Waals surface area contributed by atoms with E-state index in [4.69, 9.17) is 18.6 Å². The van der Waals surface area contributed by atoms with Gasteiger partial charge in [0.1, 0.15) is 22.8 Å². The van der Waals surface area contributed by atoms with Crippen molar-refractivity contribution < 1.29 is 23.4 Å². The molecular weight excluding hydrogens is 392 g/mol. The van der Waals surface area contributed by atoms with Crippen LogP contribution in [0.5, 0.6) is 17.2 Å². The average Bonchev–Trinajstić information content (AvgIpc) is 3.20. The van der Waals surface area contributed by atoms with E-state index in [0.29, 0.717) is 22.7 Å². The van der Waals surface area contributed by atoms with Gasteiger partial charge in [-0.15, -0.1) is 0 Å². The van der Waals surface area contributed by atoms with E-state index in [9.17, 15) is 4.79 Å². The Hall–Kier alpha value is -3.99. The predicted molar refractivity (Wildman–Crippen MR) is 118 cm³/mol. The second-order valence-corrected chi connectivity index (χ2v) is 7.24. The first-order valence-corrected chi connectivity index (χ1v) is 9.92. The first kappa shape index (κ1) is 19.0. The van der Waals surface area contributed by atoms with Crippen molar-refractivity contribution in [2.45, 2.75) is 6.42 Å². The van der Waals surface area contributed by atoms with E-state index in [1.54, 1.807) is 44.7 Å². The molecule has 1 aliphatic rings. The molecule has 3 aromatic carbocycles. The monoisotopic (exact) mass is 412 g/mol. The minimum Gasteiger partial charge on any atom is -0.497 e. The molecule has 5 rings (SSSR count). The third-order valence-corrected chi connectivity index (χ3v) is 5.44. The number of ether oxygens (including phenoxy) is 3. The first-order chi connectivity index (χ1) is 15.2. The van der Waals surface area contributed by atoms with Gasteiger partial charge in [-0.1, -0.05) is 12.1 Å². The fourth-order valence-corrected chi connectivity index (χ4v) is 3.81. The van der Waals surface area contributed by atoms with Crippen molar-refractivity contribution >= 4 is 16.8 Å². The maximum absolute atomic E-state index is 13.5. The summed E-state index contributed by atoms with van der Waals surface area (Å²) in [7, 11) is 3.22. The molecule has 0 fully saturated rings. The molecule has 0 amide bonds. The predicted octanol–water partition coefficient (Wildman–Crippen LogP) is 5.80. The van der Waals surface area contributed by atoms with Gasteiger partial charge in [-0.25, -0.2) is 0 Å². The van der Waals surface area contributed by atoms with Crippen LogP contribution >= 0.6 is 0 Å². The van der Waals surface area contributed by atoms with Crippen LogP contribution in [0.2, 0.25) is 0 Å². The summed E-state index contributed by atoms with van der Waals surface area (Å²) in [6, 6.07) is 18.5. The largest absolute Gasteiger partial charge is 0.497 e. The molecular formula is C26H20O5.